The van der Waals surface area contributed by atoms with Crippen molar-refractivity contribution in [3.05, 3.63) is 58.4 Å². The van der Waals surface area contributed by atoms with Crippen LogP contribution in [0.3, 0.4) is 0 Å². The van der Waals surface area contributed by atoms with E-state index < -0.39 is 0 Å². The van der Waals surface area contributed by atoms with Crippen LogP contribution in [-0.2, 0) is 6.54 Å². The predicted molar refractivity (Wildman–Crippen MR) is 75.0 cm³/mol. The van der Waals surface area contributed by atoms with Gasteiger partial charge in [0.15, 0.2) is 0 Å². The SMILES string of the molecule is Cc1ccc(C)c(Oc2ccc(F)cc2CN)c1C. The minimum atomic E-state index is -0.300. The van der Waals surface area contributed by atoms with Gasteiger partial charge in [0.25, 0.3) is 0 Å². The van der Waals surface area contributed by atoms with Gasteiger partial charge in [-0.25, -0.2) is 4.39 Å². The predicted octanol–water partition coefficient (Wildman–Crippen LogP) is 4.00. The zero-order valence-electron chi connectivity index (χ0n) is 11.5. The highest BCUT2D eigenvalue weighted by atomic mass is 19.1. The van der Waals surface area contributed by atoms with E-state index in [0.717, 1.165) is 22.4 Å². The van der Waals surface area contributed by atoms with E-state index in [2.05, 4.69) is 6.07 Å². The van der Waals surface area contributed by atoms with E-state index in [9.17, 15) is 4.39 Å². The molecule has 0 fully saturated rings. The Morgan fingerprint density at radius 3 is 2.42 bits per heavy atom. The monoisotopic (exact) mass is 259 g/mol. The molecule has 2 aromatic rings. The second-order valence-electron chi connectivity index (χ2n) is 4.71. The van der Waals surface area contributed by atoms with E-state index in [-0.39, 0.29) is 12.4 Å². The zero-order chi connectivity index (χ0) is 14.0. The average Bonchev–Trinajstić information content (AvgIpc) is 2.40. The molecule has 0 unspecified atom stereocenters. The Balaban J connectivity index is 2.44. The number of nitrogens with two attached hydrogens (primary N) is 1. The van der Waals surface area contributed by atoms with Crippen LogP contribution in [0.25, 0.3) is 0 Å². The van der Waals surface area contributed by atoms with Crippen LogP contribution in [0.15, 0.2) is 30.3 Å². The zero-order valence-corrected chi connectivity index (χ0v) is 11.5. The van der Waals surface area contributed by atoms with Gasteiger partial charge in [-0.15, -0.1) is 0 Å². The second-order valence-corrected chi connectivity index (χ2v) is 4.71. The number of rotatable bonds is 3. The Morgan fingerprint density at radius 2 is 1.74 bits per heavy atom. The van der Waals surface area contributed by atoms with Crippen molar-refractivity contribution in [2.45, 2.75) is 27.3 Å². The first-order valence-corrected chi connectivity index (χ1v) is 6.26. The Morgan fingerprint density at radius 1 is 1.05 bits per heavy atom. The quantitative estimate of drug-likeness (QED) is 0.904. The Hall–Kier alpha value is -1.87. The number of aryl methyl sites for hydroxylation is 2. The van der Waals surface area contributed by atoms with Crippen LogP contribution in [0.4, 0.5) is 4.39 Å². The molecular weight excluding hydrogens is 241 g/mol. The van der Waals surface area contributed by atoms with Gasteiger partial charge in [0.05, 0.1) is 0 Å². The van der Waals surface area contributed by atoms with Crippen LogP contribution in [0.5, 0.6) is 11.5 Å². The lowest BCUT2D eigenvalue weighted by molar-refractivity contribution is 0.466. The lowest BCUT2D eigenvalue weighted by Crippen LogP contribution is -2.01. The molecule has 0 amide bonds. The van der Waals surface area contributed by atoms with E-state index in [1.807, 2.05) is 26.8 Å². The molecule has 0 aliphatic heterocycles. The summed E-state index contributed by atoms with van der Waals surface area (Å²) in [6, 6.07) is 8.50. The molecule has 0 atom stereocenters. The molecule has 0 aliphatic rings. The smallest absolute Gasteiger partial charge is 0.133 e. The van der Waals surface area contributed by atoms with Crippen LogP contribution in [0, 0.1) is 26.6 Å². The molecule has 0 saturated carbocycles. The standard InChI is InChI=1S/C16H18FNO/c1-10-4-5-11(2)16(12(10)3)19-15-7-6-14(17)8-13(15)9-18/h4-8H,9,18H2,1-3H3. The summed E-state index contributed by atoms with van der Waals surface area (Å²) in [6.07, 6.45) is 0. The molecule has 0 radical (unpaired) electrons. The Kier molecular flexibility index (Phi) is 3.86. The third kappa shape index (κ3) is 2.76. The van der Waals surface area contributed by atoms with Crippen molar-refractivity contribution in [2.75, 3.05) is 0 Å². The highest BCUT2D eigenvalue weighted by molar-refractivity contribution is 5.48. The molecule has 0 saturated heterocycles. The highest BCUT2D eigenvalue weighted by Crippen LogP contribution is 2.32. The van der Waals surface area contributed by atoms with Gasteiger partial charge in [0, 0.05) is 12.1 Å². The van der Waals surface area contributed by atoms with Crippen molar-refractivity contribution in [3.8, 4) is 11.5 Å². The number of hydrogen-bond donors (Lipinski definition) is 1. The topological polar surface area (TPSA) is 35.2 Å². The van der Waals surface area contributed by atoms with Crippen LogP contribution in [0.2, 0.25) is 0 Å². The van der Waals surface area contributed by atoms with Crippen molar-refractivity contribution in [3.63, 3.8) is 0 Å². The molecule has 2 N–H and O–H groups in total. The Bertz CT molecular complexity index is 608. The third-order valence-corrected chi connectivity index (χ3v) is 3.33. The van der Waals surface area contributed by atoms with E-state index in [1.165, 1.54) is 12.1 Å². The van der Waals surface area contributed by atoms with Crippen LogP contribution < -0.4 is 10.5 Å². The summed E-state index contributed by atoms with van der Waals surface area (Å²) in [5.41, 5.74) is 9.60. The highest BCUT2D eigenvalue weighted by Gasteiger charge is 2.10. The molecule has 0 bridgehead atoms. The van der Waals surface area contributed by atoms with Gasteiger partial charge in [0.1, 0.15) is 17.3 Å². The maximum absolute atomic E-state index is 13.2. The van der Waals surface area contributed by atoms with Gasteiger partial charge in [-0.2, -0.15) is 0 Å². The molecule has 0 aromatic heterocycles. The normalized spacial score (nSPS) is 10.6. The summed E-state index contributed by atoms with van der Waals surface area (Å²) in [5, 5.41) is 0. The summed E-state index contributed by atoms with van der Waals surface area (Å²) in [7, 11) is 0. The van der Waals surface area contributed by atoms with Crippen molar-refractivity contribution in [1.29, 1.82) is 0 Å². The largest absolute Gasteiger partial charge is 0.456 e. The molecule has 0 spiro atoms. The molecule has 0 aliphatic carbocycles. The fraction of sp³-hybridized carbons (Fsp3) is 0.250. The minimum Gasteiger partial charge on any atom is -0.456 e. The fourth-order valence-corrected chi connectivity index (χ4v) is 2.00. The van der Waals surface area contributed by atoms with Crippen LogP contribution in [-0.4, -0.2) is 0 Å². The number of halogens is 1. The maximum atomic E-state index is 13.2. The number of ether oxygens (including phenoxy) is 1. The van der Waals surface area contributed by atoms with Gasteiger partial charge < -0.3 is 10.5 Å². The first-order valence-electron chi connectivity index (χ1n) is 6.26. The van der Waals surface area contributed by atoms with Crippen LogP contribution >= 0.6 is 0 Å². The molecular formula is C16H18FNO. The van der Waals surface area contributed by atoms with Crippen molar-refractivity contribution < 1.29 is 9.13 Å². The van der Waals surface area contributed by atoms with E-state index in [0.29, 0.717) is 11.3 Å². The average molecular weight is 259 g/mol. The summed E-state index contributed by atoms with van der Waals surface area (Å²) in [6.45, 7) is 6.30. The summed E-state index contributed by atoms with van der Waals surface area (Å²) >= 11 is 0. The van der Waals surface area contributed by atoms with Gasteiger partial charge >= 0.3 is 0 Å². The van der Waals surface area contributed by atoms with E-state index in [1.54, 1.807) is 6.07 Å². The summed E-state index contributed by atoms with van der Waals surface area (Å²) < 4.78 is 19.1. The first-order chi connectivity index (χ1) is 9.02. The van der Waals surface area contributed by atoms with E-state index >= 15 is 0 Å². The van der Waals surface area contributed by atoms with Crippen molar-refractivity contribution in [2.24, 2.45) is 5.73 Å². The second kappa shape index (κ2) is 5.41. The lowest BCUT2D eigenvalue weighted by atomic mass is 10.1. The molecule has 2 nitrogen and oxygen atoms in total. The molecule has 2 rings (SSSR count). The van der Waals surface area contributed by atoms with Gasteiger partial charge in [-0.1, -0.05) is 12.1 Å². The molecule has 3 heteroatoms. The maximum Gasteiger partial charge on any atom is 0.133 e. The van der Waals surface area contributed by atoms with Gasteiger partial charge in [0.2, 0.25) is 0 Å². The number of hydrogen-bond acceptors (Lipinski definition) is 2. The summed E-state index contributed by atoms with van der Waals surface area (Å²) in [4.78, 5) is 0. The third-order valence-electron chi connectivity index (χ3n) is 3.33. The molecule has 19 heavy (non-hydrogen) atoms. The van der Waals surface area contributed by atoms with Crippen molar-refractivity contribution in [1.82, 2.24) is 0 Å². The van der Waals surface area contributed by atoms with Gasteiger partial charge in [-0.3, -0.25) is 0 Å². The molecule has 2 aromatic carbocycles. The van der Waals surface area contributed by atoms with Gasteiger partial charge in [-0.05, 0) is 55.7 Å². The van der Waals surface area contributed by atoms with Crippen molar-refractivity contribution >= 4 is 0 Å². The fourth-order valence-electron chi connectivity index (χ4n) is 2.00. The molecule has 0 heterocycles. The summed E-state index contributed by atoms with van der Waals surface area (Å²) in [5.74, 6) is 1.13. The van der Waals surface area contributed by atoms with E-state index in [4.69, 9.17) is 10.5 Å². The lowest BCUT2D eigenvalue weighted by Gasteiger charge is -2.15. The first kappa shape index (κ1) is 13.6. The van der Waals surface area contributed by atoms with Crippen LogP contribution in [0.1, 0.15) is 22.3 Å². The molecule has 100 valence electrons. The Labute approximate surface area is 113 Å². The minimum absolute atomic E-state index is 0.247. The number of benzene rings is 2.